The fourth-order valence-electron chi connectivity index (χ4n) is 2.25. The molecule has 1 atom stereocenters. The number of halogens is 1. The molecule has 18 heavy (non-hydrogen) atoms. The molecule has 0 bridgehead atoms. The molecule has 1 fully saturated rings. The second kappa shape index (κ2) is 6.50. The lowest BCUT2D eigenvalue weighted by Crippen LogP contribution is -2.41. The van der Waals surface area contributed by atoms with E-state index in [4.69, 9.17) is 22.7 Å². The fraction of sp³-hybridized carbons (Fsp3) is 0.462. The summed E-state index contributed by atoms with van der Waals surface area (Å²) in [6.07, 6.45) is 2.24. The zero-order valence-electron chi connectivity index (χ0n) is 10.1. The average Bonchev–Trinajstić information content (AvgIpc) is 2.77. The van der Waals surface area contributed by atoms with Crippen molar-refractivity contribution in [1.82, 2.24) is 4.90 Å². The minimum Gasteiger partial charge on any atom is -0.492 e. The summed E-state index contributed by atoms with van der Waals surface area (Å²) in [6, 6.07) is 8.13. The Hall–Kier alpha value is -0.650. The molecule has 2 N–H and O–H groups in total. The normalized spacial score (nSPS) is 19.9. The topological polar surface area (TPSA) is 38.5 Å². The number of ether oxygens (including phenoxy) is 1. The van der Waals surface area contributed by atoms with Gasteiger partial charge in [-0.1, -0.05) is 34.2 Å². The Morgan fingerprint density at radius 1 is 1.56 bits per heavy atom. The van der Waals surface area contributed by atoms with Crippen LogP contribution in [0.15, 0.2) is 28.7 Å². The molecule has 0 spiro atoms. The molecule has 1 aromatic rings. The average molecular weight is 329 g/mol. The molecule has 0 aromatic heterocycles. The van der Waals surface area contributed by atoms with Gasteiger partial charge in [0, 0.05) is 11.0 Å². The van der Waals surface area contributed by atoms with Crippen LogP contribution in [0.3, 0.4) is 0 Å². The summed E-state index contributed by atoms with van der Waals surface area (Å²) in [5.74, 6) is 0.885. The Labute approximate surface area is 121 Å². The lowest BCUT2D eigenvalue weighted by Gasteiger charge is -2.23. The van der Waals surface area contributed by atoms with Gasteiger partial charge in [0.2, 0.25) is 0 Å². The molecule has 0 amide bonds. The van der Waals surface area contributed by atoms with Gasteiger partial charge in [0.15, 0.2) is 0 Å². The molecular weight excluding hydrogens is 312 g/mol. The number of rotatable bonds is 5. The Balaban J connectivity index is 1.80. The maximum Gasteiger partial charge on any atom is 0.120 e. The zero-order valence-corrected chi connectivity index (χ0v) is 12.5. The summed E-state index contributed by atoms with van der Waals surface area (Å²) in [5.41, 5.74) is 5.73. The molecule has 1 heterocycles. The highest BCUT2D eigenvalue weighted by Crippen LogP contribution is 2.19. The van der Waals surface area contributed by atoms with Gasteiger partial charge in [0.25, 0.3) is 0 Å². The van der Waals surface area contributed by atoms with Gasteiger partial charge in [0.05, 0.1) is 11.0 Å². The van der Waals surface area contributed by atoms with E-state index in [0.717, 1.165) is 29.7 Å². The Bertz CT molecular complexity index is 427. The highest BCUT2D eigenvalue weighted by atomic mass is 79.9. The molecule has 1 aliphatic rings. The molecule has 5 heteroatoms. The van der Waals surface area contributed by atoms with E-state index < -0.39 is 0 Å². The third-order valence-corrected chi connectivity index (χ3v) is 3.90. The molecule has 0 radical (unpaired) electrons. The quantitative estimate of drug-likeness (QED) is 0.843. The molecule has 3 nitrogen and oxygen atoms in total. The second-order valence-electron chi connectivity index (χ2n) is 4.40. The van der Waals surface area contributed by atoms with Crippen molar-refractivity contribution in [1.29, 1.82) is 0 Å². The van der Waals surface area contributed by atoms with Crippen LogP contribution in [0.1, 0.15) is 12.8 Å². The summed E-state index contributed by atoms with van der Waals surface area (Å²) in [7, 11) is 0. The third kappa shape index (κ3) is 3.67. The van der Waals surface area contributed by atoms with Crippen molar-refractivity contribution >= 4 is 33.1 Å². The van der Waals surface area contributed by atoms with Crippen LogP contribution >= 0.6 is 28.1 Å². The summed E-state index contributed by atoms with van der Waals surface area (Å²) in [5, 5.41) is 0. The number of thiocarbonyl (C=S) groups is 1. The number of nitrogens with zero attached hydrogens (tertiary/aromatic N) is 1. The second-order valence-corrected chi connectivity index (χ2v) is 5.79. The van der Waals surface area contributed by atoms with Crippen LogP contribution in [0.4, 0.5) is 0 Å². The number of hydrogen-bond donors (Lipinski definition) is 1. The van der Waals surface area contributed by atoms with Crippen LogP contribution in [0, 0.1) is 0 Å². The first-order chi connectivity index (χ1) is 8.66. The van der Waals surface area contributed by atoms with Gasteiger partial charge in [-0.05, 0) is 37.6 Å². The van der Waals surface area contributed by atoms with E-state index in [2.05, 4.69) is 20.8 Å². The van der Waals surface area contributed by atoms with E-state index in [9.17, 15) is 0 Å². The van der Waals surface area contributed by atoms with Gasteiger partial charge in [0.1, 0.15) is 12.4 Å². The molecule has 1 saturated heterocycles. The maximum atomic E-state index is 5.73. The summed E-state index contributed by atoms with van der Waals surface area (Å²) < 4.78 is 6.75. The third-order valence-electron chi connectivity index (χ3n) is 3.14. The van der Waals surface area contributed by atoms with Crippen molar-refractivity contribution in [3.63, 3.8) is 0 Å². The largest absolute Gasteiger partial charge is 0.492 e. The lowest BCUT2D eigenvalue weighted by atomic mass is 10.2. The molecule has 1 aliphatic heterocycles. The summed E-state index contributed by atoms with van der Waals surface area (Å²) in [6.45, 7) is 2.59. The van der Waals surface area contributed by atoms with Gasteiger partial charge in [-0.15, -0.1) is 0 Å². The van der Waals surface area contributed by atoms with E-state index in [1.54, 1.807) is 0 Å². The predicted octanol–water partition coefficient (Wildman–Crippen LogP) is 2.58. The van der Waals surface area contributed by atoms with Crippen LogP contribution in [-0.4, -0.2) is 35.6 Å². The summed E-state index contributed by atoms with van der Waals surface area (Å²) >= 11 is 8.51. The first kappa shape index (κ1) is 13.8. The molecule has 98 valence electrons. The highest BCUT2D eigenvalue weighted by Gasteiger charge is 2.26. The van der Waals surface area contributed by atoms with Gasteiger partial charge in [-0.2, -0.15) is 0 Å². The predicted molar refractivity (Wildman–Crippen MR) is 81.0 cm³/mol. The van der Waals surface area contributed by atoms with Crippen LogP contribution in [0.5, 0.6) is 5.75 Å². The molecule has 1 aromatic carbocycles. The number of likely N-dealkylation sites (tertiary alicyclic amines) is 1. The maximum absolute atomic E-state index is 5.73. The van der Waals surface area contributed by atoms with Crippen LogP contribution < -0.4 is 10.5 Å². The van der Waals surface area contributed by atoms with Crippen molar-refractivity contribution < 1.29 is 4.74 Å². The van der Waals surface area contributed by atoms with Crippen LogP contribution in [0.2, 0.25) is 0 Å². The number of hydrogen-bond acceptors (Lipinski definition) is 3. The smallest absolute Gasteiger partial charge is 0.120 e. The Morgan fingerprint density at radius 2 is 2.39 bits per heavy atom. The van der Waals surface area contributed by atoms with Crippen molar-refractivity contribution in [2.24, 2.45) is 5.73 Å². The van der Waals surface area contributed by atoms with Crippen molar-refractivity contribution in [3.8, 4) is 5.75 Å². The highest BCUT2D eigenvalue weighted by molar-refractivity contribution is 9.10. The SMILES string of the molecule is NC(=S)C1CCCN1CCOc1cccc(Br)c1. The first-order valence-electron chi connectivity index (χ1n) is 6.08. The minimum atomic E-state index is 0.256. The van der Waals surface area contributed by atoms with Gasteiger partial charge in [-0.3, -0.25) is 4.90 Å². The Kier molecular flexibility index (Phi) is 4.97. The number of nitrogens with two attached hydrogens (primary N) is 1. The van der Waals surface area contributed by atoms with Crippen molar-refractivity contribution in [2.45, 2.75) is 18.9 Å². The van der Waals surface area contributed by atoms with Crippen LogP contribution in [0.25, 0.3) is 0 Å². The van der Waals surface area contributed by atoms with Crippen molar-refractivity contribution in [3.05, 3.63) is 28.7 Å². The van der Waals surface area contributed by atoms with E-state index >= 15 is 0 Å². The van der Waals surface area contributed by atoms with Crippen LogP contribution in [-0.2, 0) is 0 Å². The van der Waals surface area contributed by atoms with E-state index in [1.807, 2.05) is 24.3 Å². The molecule has 2 rings (SSSR count). The van der Waals surface area contributed by atoms with E-state index in [0.29, 0.717) is 11.6 Å². The monoisotopic (exact) mass is 328 g/mol. The fourth-order valence-corrected chi connectivity index (χ4v) is 2.90. The molecule has 0 saturated carbocycles. The van der Waals surface area contributed by atoms with E-state index in [1.165, 1.54) is 6.42 Å². The Morgan fingerprint density at radius 3 is 3.11 bits per heavy atom. The standard InChI is InChI=1S/C13H17BrN2OS/c14-10-3-1-4-11(9-10)17-8-7-16-6-2-5-12(16)13(15)18/h1,3-4,9,12H,2,5-8H2,(H2,15,18). The van der Waals surface area contributed by atoms with Gasteiger partial charge >= 0.3 is 0 Å². The lowest BCUT2D eigenvalue weighted by molar-refractivity contribution is 0.222. The summed E-state index contributed by atoms with van der Waals surface area (Å²) in [4.78, 5) is 2.91. The molecular formula is C13H17BrN2OS. The first-order valence-corrected chi connectivity index (χ1v) is 7.28. The zero-order chi connectivity index (χ0) is 13.0. The van der Waals surface area contributed by atoms with Gasteiger partial charge in [-0.25, -0.2) is 0 Å². The van der Waals surface area contributed by atoms with Crippen molar-refractivity contribution in [2.75, 3.05) is 19.7 Å². The molecule has 1 unspecified atom stereocenters. The number of benzene rings is 1. The minimum absolute atomic E-state index is 0.256. The molecule has 0 aliphatic carbocycles. The van der Waals surface area contributed by atoms with E-state index in [-0.39, 0.29) is 6.04 Å². The van der Waals surface area contributed by atoms with Gasteiger partial charge < -0.3 is 10.5 Å².